The molecule has 2 heterocycles. The molecule has 1 fully saturated rings. The number of hydrogen-bond donors (Lipinski definition) is 1. The number of carbonyl (C=O) groups excluding carboxylic acids is 1. The SMILES string of the molecule is Cc1cc(C(=O)N2CC(CN)CCC2C)sc1C. The molecule has 0 bridgehead atoms. The Morgan fingerprint density at radius 3 is 2.78 bits per heavy atom. The summed E-state index contributed by atoms with van der Waals surface area (Å²) < 4.78 is 0. The Hall–Kier alpha value is -0.870. The van der Waals surface area contributed by atoms with Gasteiger partial charge in [-0.25, -0.2) is 0 Å². The number of likely N-dealkylation sites (tertiary alicyclic amines) is 1. The standard InChI is InChI=1S/C14H22N2OS/c1-9-6-13(18-11(9)3)14(17)16-8-12(7-15)5-4-10(16)2/h6,10,12H,4-5,7-8,15H2,1-3H3. The van der Waals surface area contributed by atoms with Crippen LogP contribution in [0.2, 0.25) is 0 Å². The number of nitrogens with two attached hydrogens (primary N) is 1. The molecule has 1 amide bonds. The van der Waals surface area contributed by atoms with Crippen LogP contribution < -0.4 is 5.73 Å². The van der Waals surface area contributed by atoms with Crippen molar-refractivity contribution in [1.82, 2.24) is 4.90 Å². The molecule has 0 radical (unpaired) electrons. The highest BCUT2D eigenvalue weighted by Crippen LogP contribution is 2.27. The fourth-order valence-corrected chi connectivity index (χ4v) is 3.47. The minimum atomic E-state index is 0.182. The zero-order valence-corrected chi connectivity index (χ0v) is 12.2. The Bertz CT molecular complexity index is 422. The fourth-order valence-electron chi connectivity index (χ4n) is 2.48. The molecule has 1 aromatic rings. The van der Waals surface area contributed by atoms with Gasteiger partial charge >= 0.3 is 0 Å². The molecular formula is C14H22N2OS. The van der Waals surface area contributed by atoms with E-state index in [0.29, 0.717) is 18.5 Å². The molecule has 1 saturated heterocycles. The van der Waals surface area contributed by atoms with Crippen LogP contribution in [-0.4, -0.2) is 29.9 Å². The van der Waals surface area contributed by atoms with E-state index in [1.54, 1.807) is 11.3 Å². The normalized spacial score (nSPS) is 24.3. The molecule has 3 nitrogen and oxygen atoms in total. The van der Waals surface area contributed by atoms with Crippen LogP contribution >= 0.6 is 11.3 Å². The number of thiophene rings is 1. The van der Waals surface area contributed by atoms with Crippen molar-refractivity contribution in [2.75, 3.05) is 13.1 Å². The molecule has 4 heteroatoms. The van der Waals surface area contributed by atoms with E-state index in [1.165, 1.54) is 10.4 Å². The third-order valence-corrected chi connectivity index (χ3v) is 5.09. The average Bonchev–Trinajstić information content (AvgIpc) is 2.69. The number of rotatable bonds is 2. The van der Waals surface area contributed by atoms with Gasteiger partial charge in [0.05, 0.1) is 4.88 Å². The number of piperidine rings is 1. The van der Waals surface area contributed by atoms with E-state index in [1.807, 2.05) is 11.0 Å². The molecule has 2 unspecified atom stereocenters. The van der Waals surface area contributed by atoms with Gasteiger partial charge in [0.15, 0.2) is 0 Å². The molecule has 18 heavy (non-hydrogen) atoms. The summed E-state index contributed by atoms with van der Waals surface area (Å²) in [4.78, 5) is 16.6. The van der Waals surface area contributed by atoms with Gasteiger partial charge in [0.25, 0.3) is 5.91 Å². The van der Waals surface area contributed by atoms with Crippen LogP contribution in [0.15, 0.2) is 6.07 Å². The second-order valence-electron chi connectivity index (χ2n) is 5.34. The van der Waals surface area contributed by atoms with Gasteiger partial charge in [-0.1, -0.05) is 0 Å². The van der Waals surface area contributed by atoms with E-state index in [9.17, 15) is 4.79 Å². The Morgan fingerprint density at radius 1 is 1.50 bits per heavy atom. The number of nitrogens with zero attached hydrogens (tertiary/aromatic N) is 1. The van der Waals surface area contributed by atoms with Crippen LogP contribution in [0, 0.1) is 19.8 Å². The van der Waals surface area contributed by atoms with Crippen molar-refractivity contribution in [2.24, 2.45) is 11.7 Å². The topological polar surface area (TPSA) is 46.3 Å². The zero-order valence-electron chi connectivity index (χ0n) is 11.4. The molecular weight excluding hydrogens is 244 g/mol. The Morgan fingerprint density at radius 2 is 2.22 bits per heavy atom. The molecule has 1 aliphatic rings. The van der Waals surface area contributed by atoms with Crippen LogP contribution in [0.5, 0.6) is 0 Å². The summed E-state index contributed by atoms with van der Waals surface area (Å²) in [6.07, 6.45) is 2.21. The van der Waals surface area contributed by atoms with E-state index in [2.05, 4.69) is 20.8 Å². The van der Waals surface area contributed by atoms with Gasteiger partial charge in [-0.3, -0.25) is 4.79 Å². The maximum atomic E-state index is 12.5. The first-order chi connectivity index (χ1) is 8.52. The molecule has 0 aliphatic carbocycles. The average molecular weight is 266 g/mol. The summed E-state index contributed by atoms with van der Waals surface area (Å²) in [5, 5.41) is 0. The molecule has 2 N–H and O–H groups in total. The van der Waals surface area contributed by atoms with Gasteiger partial charge in [0, 0.05) is 17.5 Å². The van der Waals surface area contributed by atoms with Gasteiger partial charge in [0.1, 0.15) is 0 Å². The smallest absolute Gasteiger partial charge is 0.264 e. The fraction of sp³-hybridized carbons (Fsp3) is 0.643. The summed E-state index contributed by atoms with van der Waals surface area (Å²) in [6, 6.07) is 2.35. The lowest BCUT2D eigenvalue weighted by atomic mass is 9.93. The third-order valence-electron chi connectivity index (χ3n) is 3.95. The lowest BCUT2D eigenvalue weighted by Crippen LogP contribution is -2.46. The van der Waals surface area contributed by atoms with E-state index in [0.717, 1.165) is 24.3 Å². The van der Waals surface area contributed by atoms with Crippen molar-refractivity contribution in [3.63, 3.8) is 0 Å². The summed E-state index contributed by atoms with van der Waals surface area (Å²) in [6.45, 7) is 7.76. The van der Waals surface area contributed by atoms with E-state index in [-0.39, 0.29) is 5.91 Å². The first-order valence-corrected chi connectivity index (χ1v) is 7.42. The highest BCUT2D eigenvalue weighted by Gasteiger charge is 2.29. The highest BCUT2D eigenvalue weighted by molar-refractivity contribution is 7.14. The molecule has 1 aliphatic heterocycles. The van der Waals surface area contributed by atoms with Gasteiger partial charge in [-0.05, 0) is 57.7 Å². The van der Waals surface area contributed by atoms with Crippen molar-refractivity contribution in [3.8, 4) is 0 Å². The van der Waals surface area contributed by atoms with E-state index in [4.69, 9.17) is 5.73 Å². The number of aryl methyl sites for hydroxylation is 2. The molecule has 1 aromatic heterocycles. The van der Waals surface area contributed by atoms with Crippen LogP contribution in [0.4, 0.5) is 0 Å². The predicted octanol–water partition coefficient (Wildman–Crippen LogP) is 2.56. The maximum absolute atomic E-state index is 12.5. The molecule has 2 atom stereocenters. The minimum Gasteiger partial charge on any atom is -0.335 e. The predicted molar refractivity (Wildman–Crippen MR) is 76.1 cm³/mol. The number of amides is 1. The molecule has 0 aromatic carbocycles. The Kier molecular flexibility index (Phi) is 4.07. The minimum absolute atomic E-state index is 0.182. The van der Waals surface area contributed by atoms with Gasteiger partial charge in [-0.15, -0.1) is 11.3 Å². The van der Waals surface area contributed by atoms with Gasteiger partial charge in [0.2, 0.25) is 0 Å². The maximum Gasteiger partial charge on any atom is 0.264 e. The second kappa shape index (κ2) is 5.41. The van der Waals surface area contributed by atoms with Gasteiger partial charge < -0.3 is 10.6 Å². The summed E-state index contributed by atoms with van der Waals surface area (Å²) >= 11 is 1.60. The first kappa shape index (κ1) is 13.6. The quantitative estimate of drug-likeness (QED) is 0.894. The molecule has 0 saturated carbocycles. The van der Waals surface area contributed by atoms with Gasteiger partial charge in [-0.2, -0.15) is 0 Å². The van der Waals surface area contributed by atoms with Crippen molar-refractivity contribution in [2.45, 2.75) is 39.7 Å². The summed E-state index contributed by atoms with van der Waals surface area (Å²) in [5.74, 6) is 0.647. The Balaban J connectivity index is 2.16. The number of carbonyl (C=O) groups is 1. The van der Waals surface area contributed by atoms with Crippen LogP contribution in [0.1, 0.15) is 39.9 Å². The molecule has 2 rings (SSSR count). The van der Waals surface area contributed by atoms with Crippen molar-refractivity contribution >= 4 is 17.2 Å². The lowest BCUT2D eigenvalue weighted by Gasteiger charge is -2.37. The van der Waals surface area contributed by atoms with Crippen molar-refractivity contribution in [3.05, 3.63) is 21.4 Å². The lowest BCUT2D eigenvalue weighted by molar-refractivity contribution is 0.0572. The van der Waals surface area contributed by atoms with E-state index < -0.39 is 0 Å². The summed E-state index contributed by atoms with van der Waals surface area (Å²) in [5.41, 5.74) is 6.95. The van der Waals surface area contributed by atoms with E-state index >= 15 is 0 Å². The largest absolute Gasteiger partial charge is 0.335 e. The zero-order chi connectivity index (χ0) is 13.3. The number of hydrogen-bond acceptors (Lipinski definition) is 3. The second-order valence-corrected chi connectivity index (χ2v) is 6.59. The molecule has 0 spiro atoms. The Labute approximate surface area is 113 Å². The molecule has 100 valence electrons. The van der Waals surface area contributed by atoms with Crippen molar-refractivity contribution < 1.29 is 4.79 Å². The first-order valence-electron chi connectivity index (χ1n) is 6.61. The summed E-state index contributed by atoms with van der Waals surface area (Å²) in [7, 11) is 0. The monoisotopic (exact) mass is 266 g/mol. The highest BCUT2D eigenvalue weighted by atomic mass is 32.1. The van der Waals surface area contributed by atoms with Crippen molar-refractivity contribution in [1.29, 1.82) is 0 Å². The van der Waals surface area contributed by atoms with Crippen LogP contribution in [0.25, 0.3) is 0 Å². The van der Waals surface area contributed by atoms with Crippen LogP contribution in [0.3, 0.4) is 0 Å². The third kappa shape index (κ3) is 2.59. The van der Waals surface area contributed by atoms with Crippen LogP contribution in [-0.2, 0) is 0 Å².